The molecule has 1 atom stereocenters. The number of ether oxygens (including phenoxy) is 1. The van der Waals surface area contributed by atoms with Crippen molar-refractivity contribution in [1.29, 1.82) is 0 Å². The van der Waals surface area contributed by atoms with Crippen LogP contribution in [0.4, 0.5) is 10.5 Å². The summed E-state index contributed by atoms with van der Waals surface area (Å²) in [4.78, 5) is 23.9. The van der Waals surface area contributed by atoms with Crippen LogP contribution in [0.1, 0.15) is 23.6 Å². The predicted molar refractivity (Wildman–Crippen MR) is 120 cm³/mol. The number of rotatable bonds is 8. The van der Waals surface area contributed by atoms with E-state index < -0.39 is 12.1 Å². The summed E-state index contributed by atoms with van der Waals surface area (Å²) >= 11 is 3.39. The van der Waals surface area contributed by atoms with Gasteiger partial charge in [-0.15, -0.1) is 0 Å². The summed E-state index contributed by atoms with van der Waals surface area (Å²) in [6.45, 7) is 0.472. The van der Waals surface area contributed by atoms with Crippen LogP contribution in [0.3, 0.4) is 0 Å². The van der Waals surface area contributed by atoms with Gasteiger partial charge in [0, 0.05) is 10.2 Å². The zero-order valence-electron chi connectivity index (χ0n) is 16.2. The van der Waals surface area contributed by atoms with Gasteiger partial charge in [0.25, 0.3) is 0 Å². The van der Waals surface area contributed by atoms with Gasteiger partial charge in [0.1, 0.15) is 12.4 Å². The number of amides is 3. The number of nitrogens with one attached hydrogen (secondary N) is 2. The third-order valence-electron chi connectivity index (χ3n) is 4.34. The highest BCUT2D eigenvalue weighted by Crippen LogP contribution is 2.22. The van der Waals surface area contributed by atoms with Gasteiger partial charge in [-0.3, -0.25) is 4.79 Å². The molecule has 0 fully saturated rings. The van der Waals surface area contributed by atoms with Gasteiger partial charge >= 0.3 is 6.03 Å². The maximum Gasteiger partial charge on any atom is 0.312 e. The standard InChI is InChI=1S/C23H22BrN3O3/c24-18-8-4-7-17(13-18)21(27-23(25)29)14-22(28)26-19-9-11-20(12-10-19)30-15-16-5-2-1-3-6-16/h1-13,21H,14-15H2,(H,26,28)(H3,25,27,29). The molecule has 3 amide bonds. The topological polar surface area (TPSA) is 93.5 Å². The summed E-state index contributed by atoms with van der Waals surface area (Å²) in [5.41, 5.74) is 7.77. The van der Waals surface area contributed by atoms with Crippen molar-refractivity contribution >= 4 is 33.6 Å². The van der Waals surface area contributed by atoms with Crippen molar-refractivity contribution < 1.29 is 14.3 Å². The van der Waals surface area contributed by atoms with E-state index in [0.717, 1.165) is 15.6 Å². The van der Waals surface area contributed by atoms with Crippen LogP contribution in [0.15, 0.2) is 83.3 Å². The fourth-order valence-corrected chi connectivity index (χ4v) is 3.34. The summed E-state index contributed by atoms with van der Waals surface area (Å²) in [5.74, 6) is 0.464. The SMILES string of the molecule is NC(=O)NC(CC(=O)Nc1ccc(OCc2ccccc2)cc1)c1cccc(Br)c1. The molecule has 0 radical (unpaired) electrons. The van der Waals surface area contributed by atoms with Crippen LogP contribution in [-0.2, 0) is 11.4 Å². The molecule has 0 saturated heterocycles. The Bertz CT molecular complexity index is 994. The molecule has 0 saturated carbocycles. The largest absolute Gasteiger partial charge is 0.489 e. The van der Waals surface area contributed by atoms with Crippen LogP contribution in [0.5, 0.6) is 5.75 Å². The second-order valence-electron chi connectivity index (χ2n) is 6.67. The Morgan fingerprint density at radius 2 is 1.70 bits per heavy atom. The Morgan fingerprint density at radius 1 is 0.967 bits per heavy atom. The maximum absolute atomic E-state index is 12.5. The molecule has 1 unspecified atom stereocenters. The molecule has 4 N–H and O–H groups in total. The van der Waals surface area contributed by atoms with Crippen molar-refractivity contribution in [3.63, 3.8) is 0 Å². The minimum Gasteiger partial charge on any atom is -0.489 e. The van der Waals surface area contributed by atoms with Crippen LogP contribution in [0, 0.1) is 0 Å². The van der Waals surface area contributed by atoms with Crippen LogP contribution >= 0.6 is 15.9 Å². The third kappa shape index (κ3) is 6.63. The summed E-state index contributed by atoms with van der Waals surface area (Å²) < 4.78 is 6.60. The van der Waals surface area contributed by atoms with E-state index in [9.17, 15) is 9.59 Å². The van der Waals surface area contributed by atoms with Crippen molar-refractivity contribution in [2.24, 2.45) is 5.73 Å². The number of hydrogen-bond acceptors (Lipinski definition) is 3. The van der Waals surface area contributed by atoms with Gasteiger partial charge in [-0.25, -0.2) is 4.79 Å². The van der Waals surface area contributed by atoms with Crippen molar-refractivity contribution in [2.75, 3.05) is 5.32 Å². The molecule has 3 aromatic rings. The second kappa shape index (κ2) is 10.5. The Labute approximate surface area is 183 Å². The molecule has 6 nitrogen and oxygen atoms in total. The fraction of sp³-hybridized carbons (Fsp3) is 0.130. The van der Waals surface area contributed by atoms with E-state index in [1.807, 2.05) is 54.6 Å². The van der Waals surface area contributed by atoms with Gasteiger partial charge in [0.2, 0.25) is 5.91 Å². The minimum absolute atomic E-state index is 0.0473. The Balaban J connectivity index is 1.58. The van der Waals surface area contributed by atoms with E-state index in [1.165, 1.54) is 0 Å². The Morgan fingerprint density at radius 3 is 2.37 bits per heavy atom. The molecule has 0 aliphatic rings. The van der Waals surface area contributed by atoms with Gasteiger partial charge in [0.05, 0.1) is 12.5 Å². The number of carbonyl (C=O) groups is 2. The van der Waals surface area contributed by atoms with E-state index in [0.29, 0.717) is 18.0 Å². The number of nitrogens with two attached hydrogens (primary N) is 1. The Kier molecular flexibility index (Phi) is 7.45. The molecule has 0 bridgehead atoms. The summed E-state index contributed by atoms with van der Waals surface area (Å²) in [6, 6.07) is 23.2. The van der Waals surface area contributed by atoms with Crippen molar-refractivity contribution in [1.82, 2.24) is 5.32 Å². The molecule has 3 rings (SSSR count). The zero-order valence-corrected chi connectivity index (χ0v) is 17.8. The first kappa shape index (κ1) is 21.4. The van der Waals surface area contributed by atoms with Crippen molar-refractivity contribution in [3.8, 4) is 5.75 Å². The summed E-state index contributed by atoms with van der Waals surface area (Å²) in [6.07, 6.45) is 0.0473. The number of primary amides is 1. The first-order chi connectivity index (χ1) is 14.5. The minimum atomic E-state index is -0.687. The average molecular weight is 468 g/mol. The van der Waals surface area contributed by atoms with E-state index in [2.05, 4.69) is 26.6 Å². The smallest absolute Gasteiger partial charge is 0.312 e. The molecule has 30 heavy (non-hydrogen) atoms. The molecule has 0 aliphatic heterocycles. The molecule has 0 aliphatic carbocycles. The quantitative estimate of drug-likeness (QED) is 0.445. The second-order valence-corrected chi connectivity index (χ2v) is 7.58. The normalized spacial score (nSPS) is 11.4. The number of urea groups is 1. The summed E-state index contributed by atoms with van der Waals surface area (Å²) in [5, 5.41) is 5.45. The van der Waals surface area contributed by atoms with E-state index in [-0.39, 0.29) is 12.3 Å². The van der Waals surface area contributed by atoms with E-state index >= 15 is 0 Å². The number of hydrogen-bond donors (Lipinski definition) is 3. The lowest BCUT2D eigenvalue weighted by Gasteiger charge is -2.18. The van der Waals surface area contributed by atoms with Crippen molar-refractivity contribution in [2.45, 2.75) is 19.1 Å². The van der Waals surface area contributed by atoms with Gasteiger partial charge in [-0.1, -0.05) is 58.4 Å². The predicted octanol–water partition coefficient (Wildman–Crippen LogP) is 4.77. The van der Waals surface area contributed by atoms with Gasteiger partial charge in [0.15, 0.2) is 0 Å². The molecule has 3 aromatic carbocycles. The first-order valence-electron chi connectivity index (χ1n) is 9.37. The number of halogens is 1. The maximum atomic E-state index is 12.5. The number of anilines is 1. The molecular formula is C23H22BrN3O3. The van der Waals surface area contributed by atoms with Crippen LogP contribution in [-0.4, -0.2) is 11.9 Å². The fourth-order valence-electron chi connectivity index (χ4n) is 2.92. The van der Waals surface area contributed by atoms with E-state index in [1.54, 1.807) is 24.3 Å². The third-order valence-corrected chi connectivity index (χ3v) is 4.84. The van der Waals surface area contributed by atoms with Crippen LogP contribution < -0.4 is 21.1 Å². The first-order valence-corrected chi connectivity index (χ1v) is 10.2. The van der Waals surface area contributed by atoms with E-state index in [4.69, 9.17) is 10.5 Å². The highest BCUT2D eigenvalue weighted by Gasteiger charge is 2.18. The lowest BCUT2D eigenvalue weighted by atomic mass is 10.0. The highest BCUT2D eigenvalue weighted by atomic mass is 79.9. The van der Waals surface area contributed by atoms with Crippen LogP contribution in [0.2, 0.25) is 0 Å². The number of benzene rings is 3. The Hall–Kier alpha value is -3.32. The van der Waals surface area contributed by atoms with Gasteiger partial charge in [-0.2, -0.15) is 0 Å². The lowest BCUT2D eigenvalue weighted by Crippen LogP contribution is -2.35. The van der Waals surface area contributed by atoms with Gasteiger partial charge in [-0.05, 0) is 47.5 Å². The number of carbonyl (C=O) groups excluding carboxylic acids is 2. The van der Waals surface area contributed by atoms with Crippen molar-refractivity contribution in [3.05, 3.63) is 94.5 Å². The average Bonchev–Trinajstić information content (AvgIpc) is 2.73. The highest BCUT2D eigenvalue weighted by molar-refractivity contribution is 9.10. The molecule has 7 heteroatoms. The zero-order chi connectivity index (χ0) is 21.3. The summed E-state index contributed by atoms with van der Waals surface area (Å²) in [7, 11) is 0. The molecule has 0 spiro atoms. The van der Waals surface area contributed by atoms with Crippen LogP contribution in [0.25, 0.3) is 0 Å². The molecule has 154 valence electrons. The van der Waals surface area contributed by atoms with Gasteiger partial charge < -0.3 is 21.1 Å². The lowest BCUT2D eigenvalue weighted by molar-refractivity contribution is -0.116. The molecular weight excluding hydrogens is 446 g/mol. The molecule has 0 aromatic heterocycles. The monoisotopic (exact) mass is 467 g/mol. The molecule has 0 heterocycles.